The van der Waals surface area contributed by atoms with E-state index in [9.17, 15) is 10.1 Å². The number of imidazole rings is 1. The van der Waals surface area contributed by atoms with Crippen LogP contribution in [0, 0.1) is 10.1 Å². The summed E-state index contributed by atoms with van der Waals surface area (Å²) in [4.78, 5) is 15.5. The number of benzene rings is 1. The fraction of sp³-hybridized carbons (Fsp3) is 0.0833. The summed E-state index contributed by atoms with van der Waals surface area (Å²) in [5.74, 6) is 0.804. The van der Waals surface area contributed by atoms with Crippen LogP contribution in [-0.4, -0.2) is 21.4 Å². The Kier molecular flexibility index (Phi) is 2.99. The van der Waals surface area contributed by atoms with Crippen LogP contribution in [0.4, 0.5) is 17.3 Å². The van der Waals surface area contributed by atoms with Crippen LogP contribution < -0.4 is 10.1 Å². The van der Waals surface area contributed by atoms with Crippen molar-refractivity contribution in [3.63, 3.8) is 0 Å². The number of hydrogen-bond acceptors (Lipinski definition) is 6. The van der Waals surface area contributed by atoms with Crippen LogP contribution in [0.3, 0.4) is 0 Å². The molecular weight excluding hydrogens is 280 g/mol. The van der Waals surface area contributed by atoms with Crippen molar-refractivity contribution >= 4 is 33.6 Å². The fourth-order valence-electron chi connectivity index (χ4n) is 1.87. The van der Waals surface area contributed by atoms with Crippen molar-refractivity contribution in [3.05, 3.63) is 46.0 Å². The normalized spacial score (nSPS) is 10.7. The highest BCUT2D eigenvalue weighted by Crippen LogP contribution is 2.31. The van der Waals surface area contributed by atoms with Gasteiger partial charge in [-0.2, -0.15) is 9.38 Å². The third kappa shape index (κ3) is 2.05. The molecule has 20 heavy (non-hydrogen) atoms. The van der Waals surface area contributed by atoms with Crippen molar-refractivity contribution in [2.45, 2.75) is 0 Å². The molecule has 102 valence electrons. The van der Waals surface area contributed by atoms with Gasteiger partial charge in [-0.3, -0.25) is 0 Å². The van der Waals surface area contributed by atoms with Gasteiger partial charge in [0.15, 0.2) is 0 Å². The van der Waals surface area contributed by atoms with Crippen molar-refractivity contribution < 1.29 is 9.66 Å². The second-order valence-electron chi connectivity index (χ2n) is 3.95. The van der Waals surface area contributed by atoms with Gasteiger partial charge in [0.2, 0.25) is 5.82 Å². The highest BCUT2D eigenvalue weighted by Gasteiger charge is 2.23. The predicted octanol–water partition coefficient (Wildman–Crippen LogP) is 3.06. The predicted molar refractivity (Wildman–Crippen MR) is 76.0 cm³/mol. The van der Waals surface area contributed by atoms with Gasteiger partial charge in [0.05, 0.1) is 7.11 Å². The number of ether oxygens (including phenoxy) is 1. The number of nitrogens with one attached hydrogen (secondary N) is 1. The van der Waals surface area contributed by atoms with E-state index in [1.54, 1.807) is 43.0 Å². The summed E-state index contributed by atoms with van der Waals surface area (Å²) in [6, 6.07) is 7.13. The number of thiazole rings is 1. The minimum absolute atomic E-state index is 0.0796. The summed E-state index contributed by atoms with van der Waals surface area (Å²) in [6.07, 6.45) is 1.63. The van der Waals surface area contributed by atoms with Crippen molar-refractivity contribution in [2.24, 2.45) is 0 Å². The molecule has 0 bridgehead atoms. The van der Waals surface area contributed by atoms with Gasteiger partial charge in [-0.25, -0.2) is 0 Å². The zero-order valence-electron chi connectivity index (χ0n) is 10.4. The molecule has 7 nitrogen and oxygen atoms in total. The molecule has 0 unspecified atom stereocenters. The van der Waals surface area contributed by atoms with E-state index in [-0.39, 0.29) is 11.6 Å². The second kappa shape index (κ2) is 4.82. The van der Waals surface area contributed by atoms with Gasteiger partial charge < -0.3 is 20.2 Å². The Morgan fingerprint density at radius 3 is 3.10 bits per heavy atom. The lowest BCUT2D eigenvalue weighted by molar-refractivity contribution is -0.389. The average Bonchev–Trinajstić information content (AvgIpc) is 2.98. The second-order valence-corrected chi connectivity index (χ2v) is 4.83. The number of hydrogen-bond donors (Lipinski definition) is 1. The van der Waals surface area contributed by atoms with E-state index in [0.717, 1.165) is 0 Å². The molecule has 0 saturated heterocycles. The highest BCUT2D eigenvalue weighted by atomic mass is 32.1. The third-order valence-corrected chi connectivity index (χ3v) is 3.50. The summed E-state index contributed by atoms with van der Waals surface area (Å²) >= 11 is 1.34. The minimum atomic E-state index is -0.449. The molecule has 0 radical (unpaired) electrons. The Morgan fingerprint density at radius 2 is 2.35 bits per heavy atom. The van der Waals surface area contributed by atoms with Crippen LogP contribution in [0.5, 0.6) is 5.75 Å². The SMILES string of the molecule is COc1cccc(Nc2nc3sccn3c2[N+](=O)[O-])c1. The van der Waals surface area contributed by atoms with Crippen molar-refractivity contribution in [3.8, 4) is 5.75 Å². The number of anilines is 2. The molecule has 0 amide bonds. The molecule has 2 heterocycles. The van der Waals surface area contributed by atoms with E-state index in [1.807, 2.05) is 0 Å². The minimum Gasteiger partial charge on any atom is -0.497 e. The number of rotatable bonds is 4. The van der Waals surface area contributed by atoms with E-state index in [2.05, 4.69) is 10.3 Å². The van der Waals surface area contributed by atoms with Gasteiger partial charge in [-0.15, -0.1) is 0 Å². The largest absolute Gasteiger partial charge is 0.497 e. The summed E-state index contributed by atoms with van der Waals surface area (Å²) in [5.41, 5.74) is 0.679. The van der Waals surface area contributed by atoms with Crippen LogP contribution in [0.1, 0.15) is 0 Å². The molecule has 0 aliphatic rings. The quantitative estimate of drug-likeness (QED) is 0.590. The molecule has 1 N–H and O–H groups in total. The smallest absolute Gasteiger partial charge is 0.373 e. The maximum atomic E-state index is 11.2. The van der Waals surface area contributed by atoms with Gasteiger partial charge >= 0.3 is 5.82 Å². The Hall–Kier alpha value is -2.61. The van der Waals surface area contributed by atoms with Crippen LogP contribution in [-0.2, 0) is 0 Å². The molecule has 0 aliphatic heterocycles. The molecule has 0 aliphatic carbocycles. The molecule has 2 aromatic heterocycles. The van der Waals surface area contributed by atoms with Crippen LogP contribution in [0.15, 0.2) is 35.8 Å². The molecule has 0 spiro atoms. The van der Waals surface area contributed by atoms with Crippen LogP contribution in [0.2, 0.25) is 0 Å². The first kappa shape index (κ1) is 12.4. The van der Waals surface area contributed by atoms with Crippen LogP contribution in [0.25, 0.3) is 4.96 Å². The number of nitro groups is 1. The Bertz CT molecular complexity index is 780. The Balaban J connectivity index is 2.03. The summed E-state index contributed by atoms with van der Waals surface area (Å²) in [7, 11) is 1.56. The first-order valence-electron chi connectivity index (χ1n) is 5.70. The lowest BCUT2D eigenvalue weighted by Crippen LogP contribution is -1.98. The lowest BCUT2D eigenvalue weighted by Gasteiger charge is -2.05. The maximum absolute atomic E-state index is 11.2. The summed E-state index contributed by atoms with van der Waals surface area (Å²) in [6.45, 7) is 0. The molecule has 0 saturated carbocycles. The van der Waals surface area contributed by atoms with E-state index < -0.39 is 4.92 Å². The molecule has 3 rings (SSSR count). The van der Waals surface area contributed by atoms with E-state index in [1.165, 1.54) is 15.7 Å². The topological polar surface area (TPSA) is 81.7 Å². The summed E-state index contributed by atoms with van der Waals surface area (Å²) < 4.78 is 6.57. The van der Waals surface area contributed by atoms with E-state index in [0.29, 0.717) is 16.4 Å². The van der Waals surface area contributed by atoms with Crippen molar-refractivity contribution in [1.82, 2.24) is 9.38 Å². The van der Waals surface area contributed by atoms with Crippen molar-refractivity contribution in [2.75, 3.05) is 12.4 Å². The van der Waals surface area contributed by atoms with E-state index in [4.69, 9.17) is 4.74 Å². The first-order chi connectivity index (χ1) is 9.69. The standard InChI is InChI=1S/C12H10N4O3S/c1-19-9-4-2-3-8(7-9)13-10-11(16(17)18)15-5-6-20-12(15)14-10/h2-7,13H,1H3. The first-order valence-corrected chi connectivity index (χ1v) is 6.58. The van der Waals surface area contributed by atoms with Crippen molar-refractivity contribution in [1.29, 1.82) is 0 Å². The van der Waals surface area contributed by atoms with Crippen LogP contribution >= 0.6 is 11.3 Å². The maximum Gasteiger partial charge on any atom is 0.373 e. The lowest BCUT2D eigenvalue weighted by atomic mass is 10.3. The molecule has 0 fully saturated rings. The van der Waals surface area contributed by atoms with E-state index >= 15 is 0 Å². The Morgan fingerprint density at radius 1 is 1.50 bits per heavy atom. The number of methoxy groups -OCH3 is 1. The molecular formula is C12H10N4O3S. The third-order valence-electron chi connectivity index (χ3n) is 2.74. The van der Waals surface area contributed by atoms with Gasteiger partial charge in [0.25, 0.3) is 4.96 Å². The zero-order chi connectivity index (χ0) is 14.1. The summed E-state index contributed by atoms with van der Waals surface area (Å²) in [5, 5.41) is 15.9. The molecule has 1 aromatic carbocycles. The monoisotopic (exact) mass is 290 g/mol. The van der Waals surface area contributed by atoms with Gasteiger partial charge in [0.1, 0.15) is 11.9 Å². The zero-order valence-corrected chi connectivity index (χ0v) is 11.3. The van der Waals surface area contributed by atoms with Gasteiger partial charge in [-0.05, 0) is 17.1 Å². The highest BCUT2D eigenvalue weighted by molar-refractivity contribution is 7.15. The molecule has 3 aromatic rings. The number of nitrogens with zero attached hydrogens (tertiary/aromatic N) is 3. The molecule has 0 atom stereocenters. The fourth-order valence-corrected chi connectivity index (χ4v) is 2.58. The number of aromatic nitrogens is 2. The van der Waals surface area contributed by atoms with Gasteiger partial charge in [0, 0.05) is 17.1 Å². The molecule has 8 heteroatoms. The number of fused-ring (bicyclic) bond motifs is 1. The Labute approximate surface area is 117 Å². The van der Waals surface area contributed by atoms with Gasteiger partial charge in [-0.1, -0.05) is 17.4 Å². The average molecular weight is 290 g/mol.